The van der Waals surface area contributed by atoms with Gasteiger partial charge in [-0.05, 0) is 40.5 Å². The molecule has 1 amide bonds. The second-order valence-electron chi connectivity index (χ2n) is 5.30. The third-order valence-corrected chi connectivity index (χ3v) is 4.86. The molecule has 1 unspecified atom stereocenters. The summed E-state index contributed by atoms with van der Waals surface area (Å²) in [4.78, 5) is 14.5. The van der Waals surface area contributed by atoms with E-state index in [-0.39, 0.29) is 11.9 Å². The van der Waals surface area contributed by atoms with Gasteiger partial charge in [0.2, 0.25) is 0 Å². The van der Waals surface area contributed by atoms with Crippen LogP contribution >= 0.6 is 27.7 Å². The minimum absolute atomic E-state index is 0.0450. The Hall–Kier alpha value is -1.80. The highest BCUT2D eigenvalue weighted by atomic mass is 79.9. The molecule has 3 aromatic rings. The number of halogens is 1. The average Bonchev–Trinajstić information content (AvgIpc) is 3.25. The van der Waals surface area contributed by atoms with Gasteiger partial charge in [0.1, 0.15) is 11.0 Å². The molecule has 0 N–H and O–H groups in total. The minimum Gasteiger partial charge on any atom is -0.336 e. The number of benzene rings is 1. The number of hydrogen-bond acceptors (Lipinski definition) is 5. The van der Waals surface area contributed by atoms with E-state index in [0.717, 1.165) is 40.2 Å². The molecule has 1 fully saturated rings. The van der Waals surface area contributed by atoms with Gasteiger partial charge in [0, 0.05) is 24.8 Å². The Kier molecular flexibility index (Phi) is 3.42. The van der Waals surface area contributed by atoms with Crippen molar-refractivity contribution >= 4 is 44.6 Å². The smallest absolute Gasteiger partial charge is 0.254 e. The number of fused-ring (bicyclic) bond motifs is 1. The molecule has 0 bridgehead atoms. The highest BCUT2D eigenvalue weighted by molar-refractivity contribution is 9.10. The zero-order chi connectivity index (χ0) is 15.1. The van der Waals surface area contributed by atoms with Gasteiger partial charge >= 0.3 is 0 Å². The molecular weight excluding hydrogens is 366 g/mol. The van der Waals surface area contributed by atoms with Gasteiger partial charge in [0.25, 0.3) is 5.91 Å². The van der Waals surface area contributed by atoms with Crippen molar-refractivity contribution in [3.05, 3.63) is 40.6 Å². The molecular formula is C14H12BrN5OS. The van der Waals surface area contributed by atoms with Crippen molar-refractivity contribution in [1.29, 1.82) is 0 Å². The van der Waals surface area contributed by atoms with Crippen molar-refractivity contribution in [3.8, 4) is 0 Å². The predicted octanol–water partition coefficient (Wildman–Crippen LogP) is 2.74. The molecule has 1 aromatic carbocycles. The van der Waals surface area contributed by atoms with Gasteiger partial charge in [-0.2, -0.15) is 13.8 Å². The van der Waals surface area contributed by atoms with Gasteiger partial charge < -0.3 is 4.90 Å². The van der Waals surface area contributed by atoms with E-state index in [0.29, 0.717) is 12.1 Å². The van der Waals surface area contributed by atoms with E-state index in [9.17, 15) is 4.79 Å². The highest BCUT2D eigenvalue weighted by Gasteiger charge is 2.28. The number of hydrogen-bond donors (Lipinski definition) is 0. The SMILES string of the molecule is O=C(c1ccc2nsnc2c1)N1CCC(n2cc(Br)cn2)C1. The maximum atomic E-state index is 12.6. The maximum Gasteiger partial charge on any atom is 0.254 e. The topological polar surface area (TPSA) is 63.9 Å². The fourth-order valence-corrected chi connectivity index (χ4v) is 3.57. The number of amides is 1. The summed E-state index contributed by atoms with van der Waals surface area (Å²) in [6, 6.07) is 5.73. The van der Waals surface area contributed by atoms with Crippen LogP contribution in [0.15, 0.2) is 35.1 Å². The van der Waals surface area contributed by atoms with Crippen molar-refractivity contribution in [2.45, 2.75) is 12.5 Å². The second-order valence-corrected chi connectivity index (χ2v) is 6.74. The Morgan fingerprint density at radius 3 is 3.00 bits per heavy atom. The molecule has 0 spiro atoms. The highest BCUT2D eigenvalue weighted by Crippen LogP contribution is 2.24. The van der Waals surface area contributed by atoms with E-state index in [1.54, 1.807) is 6.20 Å². The zero-order valence-corrected chi connectivity index (χ0v) is 13.9. The number of nitrogens with zero attached hydrogens (tertiary/aromatic N) is 5. The van der Waals surface area contributed by atoms with Gasteiger partial charge in [-0.25, -0.2) is 0 Å². The standard InChI is InChI=1S/C14H12BrN5OS/c15-10-6-16-20(7-10)11-3-4-19(8-11)14(21)9-1-2-12-13(5-9)18-22-17-12/h1-2,5-7,11H,3-4,8H2. The monoisotopic (exact) mass is 377 g/mol. The Bertz CT molecular complexity index is 845. The van der Waals surface area contributed by atoms with Crippen molar-refractivity contribution in [2.75, 3.05) is 13.1 Å². The molecule has 1 atom stereocenters. The van der Waals surface area contributed by atoms with Gasteiger partial charge in [0.05, 0.1) is 28.4 Å². The van der Waals surface area contributed by atoms with Crippen LogP contribution < -0.4 is 0 Å². The summed E-state index contributed by atoms with van der Waals surface area (Å²) in [6.45, 7) is 1.43. The largest absolute Gasteiger partial charge is 0.336 e. The Morgan fingerprint density at radius 2 is 2.18 bits per heavy atom. The first-order valence-corrected chi connectivity index (χ1v) is 8.44. The van der Waals surface area contributed by atoms with Crippen LogP contribution in [-0.2, 0) is 0 Å². The predicted molar refractivity (Wildman–Crippen MR) is 86.9 cm³/mol. The molecule has 1 aliphatic heterocycles. The molecule has 6 nitrogen and oxygen atoms in total. The van der Waals surface area contributed by atoms with Gasteiger partial charge in [-0.15, -0.1) is 0 Å². The summed E-state index contributed by atoms with van der Waals surface area (Å²) in [6.07, 6.45) is 4.64. The summed E-state index contributed by atoms with van der Waals surface area (Å²) in [7, 11) is 0. The van der Waals surface area contributed by atoms with E-state index >= 15 is 0 Å². The van der Waals surface area contributed by atoms with E-state index in [1.165, 1.54) is 0 Å². The fourth-order valence-electron chi connectivity index (χ4n) is 2.75. The van der Waals surface area contributed by atoms with Gasteiger partial charge in [-0.3, -0.25) is 9.48 Å². The molecule has 3 heterocycles. The van der Waals surface area contributed by atoms with Crippen molar-refractivity contribution in [1.82, 2.24) is 23.4 Å². The molecule has 8 heteroatoms. The first kappa shape index (κ1) is 13.8. The summed E-state index contributed by atoms with van der Waals surface area (Å²) in [5.74, 6) is 0.0450. The number of rotatable bonds is 2. The zero-order valence-electron chi connectivity index (χ0n) is 11.5. The van der Waals surface area contributed by atoms with Crippen LogP contribution in [0.5, 0.6) is 0 Å². The van der Waals surface area contributed by atoms with E-state index < -0.39 is 0 Å². The lowest BCUT2D eigenvalue weighted by atomic mass is 10.2. The lowest BCUT2D eigenvalue weighted by Crippen LogP contribution is -2.29. The average molecular weight is 378 g/mol. The Morgan fingerprint density at radius 1 is 1.32 bits per heavy atom. The van der Waals surface area contributed by atoms with Crippen LogP contribution in [0, 0.1) is 0 Å². The minimum atomic E-state index is 0.0450. The summed E-state index contributed by atoms with van der Waals surface area (Å²) >= 11 is 4.57. The molecule has 1 aliphatic rings. The van der Waals surface area contributed by atoms with Crippen LogP contribution in [0.2, 0.25) is 0 Å². The van der Waals surface area contributed by atoms with Gasteiger partial charge in [-0.1, -0.05) is 0 Å². The maximum absolute atomic E-state index is 12.6. The van der Waals surface area contributed by atoms with Crippen LogP contribution in [0.1, 0.15) is 22.8 Å². The van der Waals surface area contributed by atoms with Crippen LogP contribution in [0.25, 0.3) is 11.0 Å². The first-order chi connectivity index (χ1) is 10.7. The summed E-state index contributed by atoms with van der Waals surface area (Å²) in [5, 5.41) is 4.31. The van der Waals surface area contributed by atoms with Crippen LogP contribution in [0.4, 0.5) is 0 Å². The normalized spacial score (nSPS) is 18.2. The molecule has 2 aromatic heterocycles. The molecule has 4 rings (SSSR count). The number of aromatic nitrogens is 4. The Balaban J connectivity index is 1.53. The third kappa shape index (κ3) is 2.42. The molecule has 0 aliphatic carbocycles. The lowest BCUT2D eigenvalue weighted by molar-refractivity contribution is 0.0787. The molecule has 22 heavy (non-hydrogen) atoms. The van der Waals surface area contributed by atoms with Crippen molar-refractivity contribution in [2.24, 2.45) is 0 Å². The Labute approximate surface area is 139 Å². The third-order valence-electron chi connectivity index (χ3n) is 3.90. The number of carbonyl (C=O) groups excluding carboxylic acids is 1. The molecule has 0 saturated carbocycles. The van der Waals surface area contributed by atoms with Crippen molar-refractivity contribution < 1.29 is 4.79 Å². The lowest BCUT2D eigenvalue weighted by Gasteiger charge is -2.16. The summed E-state index contributed by atoms with van der Waals surface area (Å²) in [5.41, 5.74) is 2.28. The quantitative estimate of drug-likeness (QED) is 0.688. The molecule has 0 radical (unpaired) electrons. The molecule has 112 valence electrons. The van der Waals surface area contributed by atoms with Crippen LogP contribution in [0.3, 0.4) is 0 Å². The second kappa shape index (κ2) is 5.44. The fraction of sp³-hybridized carbons (Fsp3) is 0.286. The first-order valence-electron chi connectivity index (χ1n) is 6.92. The van der Waals surface area contributed by atoms with E-state index in [2.05, 4.69) is 29.8 Å². The van der Waals surface area contributed by atoms with E-state index in [4.69, 9.17) is 0 Å². The number of likely N-dealkylation sites (tertiary alicyclic amines) is 1. The van der Waals surface area contributed by atoms with Crippen molar-refractivity contribution in [3.63, 3.8) is 0 Å². The van der Waals surface area contributed by atoms with E-state index in [1.807, 2.05) is 34.0 Å². The number of carbonyl (C=O) groups is 1. The van der Waals surface area contributed by atoms with Gasteiger partial charge in [0.15, 0.2) is 0 Å². The molecule has 1 saturated heterocycles. The summed E-state index contributed by atoms with van der Waals surface area (Å²) < 4.78 is 11.2. The van der Waals surface area contributed by atoms with Crippen LogP contribution in [-0.4, -0.2) is 42.4 Å².